The Morgan fingerprint density at radius 3 is 2.29 bits per heavy atom. The van der Waals surface area contributed by atoms with Crippen molar-refractivity contribution in [1.82, 2.24) is 9.03 Å². The van der Waals surface area contributed by atoms with Crippen molar-refractivity contribution in [1.29, 1.82) is 0 Å². The van der Waals surface area contributed by atoms with Gasteiger partial charge in [-0.25, -0.2) is 21.6 Å². The highest BCUT2D eigenvalue weighted by atomic mass is 32.2. The maximum atomic E-state index is 12.8. The Morgan fingerprint density at radius 1 is 1.21 bits per heavy atom. The smallest absolute Gasteiger partial charge is 0.318 e. The molecule has 0 bridgehead atoms. The zero-order valence-corrected chi connectivity index (χ0v) is 14.8. The first-order valence-electron chi connectivity index (χ1n) is 7.51. The van der Waals surface area contributed by atoms with Gasteiger partial charge in [0.15, 0.2) is 0 Å². The molecular weight excluding hydrogens is 356 g/mol. The first-order valence-corrected chi connectivity index (χ1v) is 10.4. The Labute approximate surface area is 141 Å². The molecule has 1 aliphatic rings. The minimum Gasteiger partial charge on any atom is -0.480 e. The fourth-order valence-corrected chi connectivity index (χ4v) is 5.78. The number of benzene rings is 1. The maximum Gasteiger partial charge on any atom is 0.318 e. The summed E-state index contributed by atoms with van der Waals surface area (Å²) in [5, 5.41) is 8.94. The molecule has 1 saturated carbocycles. The van der Waals surface area contributed by atoms with Crippen molar-refractivity contribution < 1.29 is 26.7 Å². The fourth-order valence-electron chi connectivity index (χ4n) is 2.19. The summed E-state index contributed by atoms with van der Waals surface area (Å²) in [7, 11) is -8.25. The molecule has 1 fully saturated rings. The van der Waals surface area contributed by atoms with Crippen LogP contribution >= 0.6 is 0 Å². The van der Waals surface area contributed by atoms with Crippen molar-refractivity contribution in [2.45, 2.75) is 42.0 Å². The van der Waals surface area contributed by atoms with E-state index in [1.54, 1.807) is 6.92 Å². The van der Waals surface area contributed by atoms with Gasteiger partial charge in [0, 0.05) is 12.6 Å². The summed E-state index contributed by atoms with van der Waals surface area (Å²) in [6.45, 7) is 0.974. The average Bonchev–Trinajstić information content (AvgIpc) is 3.29. The van der Waals surface area contributed by atoms with Crippen LogP contribution in [0.15, 0.2) is 34.1 Å². The zero-order chi connectivity index (χ0) is 18.0. The van der Waals surface area contributed by atoms with E-state index in [9.17, 15) is 21.6 Å². The Morgan fingerprint density at radius 2 is 1.79 bits per heavy atom. The van der Waals surface area contributed by atoms with E-state index in [0.717, 1.165) is 17.1 Å². The summed E-state index contributed by atoms with van der Waals surface area (Å²) in [6, 6.07) is 5.07. The monoisotopic (exact) mass is 376 g/mol. The number of carboxylic acids is 1. The molecule has 0 unspecified atom stereocenters. The molecule has 0 radical (unpaired) electrons. The SMILES string of the molecule is CCCN(CC(=O)O)S(=O)(=O)c1ccccc1S(=O)(=O)NC1CC1. The number of carbonyl (C=O) groups is 1. The number of sulfonamides is 2. The Hall–Kier alpha value is -1.49. The highest BCUT2D eigenvalue weighted by molar-refractivity contribution is 7.92. The van der Waals surface area contributed by atoms with Crippen LogP contribution in [0.25, 0.3) is 0 Å². The molecule has 0 atom stereocenters. The maximum absolute atomic E-state index is 12.8. The van der Waals surface area contributed by atoms with E-state index in [1.165, 1.54) is 24.3 Å². The fraction of sp³-hybridized carbons (Fsp3) is 0.500. The zero-order valence-electron chi connectivity index (χ0n) is 13.2. The molecule has 0 heterocycles. The van der Waals surface area contributed by atoms with Crippen LogP contribution in [0.4, 0.5) is 0 Å². The Bertz CT molecular complexity index is 815. The number of aliphatic carboxylic acids is 1. The van der Waals surface area contributed by atoms with Crippen molar-refractivity contribution in [2.24, 2.45) is 0 Å². The average molecular weight is 376 g/mol. The highest BCUT2D eigenvalue weighted by Gasteiger charge is 2.34. The molecule has 0 spiro atoms. The minimum atomic E-state index is -4.25. The van der Waals surface area contributed by atoms with Crippen molar-refractivity contribution in [2.75, 3.05) is 13.1 Å². The second-order valence-corrected chi connectivity index (χ2v) is 9.16. The number of hydrogen-bond donors (Lipinski definition) is 2. The normalized spacial score (nSPS) is 15.6. The lowest BCUT2D eigenvalue weighted by Crippen LogP contribution is -2.37. The van der Waals surface area contributed by atoms with E-state index in [2.05, 4.69) is 4.72 Å². The summed E-state index contributed by atoms with van der Waals surface area (Å²) in [5.74, 6) is -1.30. The second-order valence-electron chi connectivity index (χ2n) is 5.57. The van der Waals surface area contributed by atoms with Gasteiger partial charge in [-0.2, -0.15) is 4.31 Å². The number of carboxylic acid groups (broad SMARTS) is 1. The number of nitrogens with zero attached hydrogens (tertiary/aromatic N) is 1. The van der Waals surface area contributed by atoms with Gasteiger partial charge < -0.3 is 5.11 Å². The molecule has 0 amide bonds. The molecule has 2 N–H and O–H groups in total. The van der Waals surface area contributed by atoms with Crippen molar-refractivity contribution in [3.8, 4) is 0 Å². The van der Waals surface area contributed by atoms with Gasteiger partial charge in [-0.15, -0.1) is 0 Å². The van der Waals surface area contributed by atoms with Gasteiger partial charge in [0.25, 0.3) is 0 Å². The van der Waals surface area contributed by atoms with Crippen LogP contribution in [0.2, 0.25) is 0 Å². The first-order chi connectivity index (χ1) is 11.2. The van der Waals surface area contributed by atoms with Crippen LogP contribution in [0.3, 0.4) is 0 Å². The minimum absolute atomic E-state index is 0.0148. The van der Waals surface area contributed by atoms with E-state index < -0.39 is 37.5 Å². The lowest BCUT2D eigenvalue weighted by atomic mass is 10.4. The summed E-state index contributed by atoms with van der Waals surface area (Å²) in [4.78, 5) is 10.2. The third-order valence-electron chi connectivity index (χ3n) is 3.44. The van der Waals surface area contributed by atoms with E-state index in [4.69, 9.17) is 5.11 Å². The quantitative estimate of drug-likeness (QED) is 0.651. The lowest BCUT2D eigenvalue weighted by Gasteiger charge is -2.21. The number of nitrogens with one attached hydrogen (secondary N) is 1. The third kappa shape index (κ3) is 4.32. The molecule has 24 heavy (non-hydrogen) atoms. The molecule has 0 aromatic heterocycles. The highest BCUT2D eigenvalue weighted by Crippen LogP contribution is 2.27. The number of rotatable bonds is 9. The molecule has 134 valence electrons. The van der Waals surface area contributed by atoms with Crippen LogP contribution in [0.1, 0.15) is 26.2 Å². The predicted molar refractivity (Wildman–Crippen MR) is 86.5 cm³/mol. The van der Waals surface area contributed by atoms with E-state index in [-0.39, 0.29) is 17.5 Å². The summed E-state index contributed by atoms with van der Waals surface area (Å²) in [5.41, 5.74) is 0. The van der Waals surface area contributed by atoms with Gasteiger partial charge >= 0.3 is 5.97 Å². The Balaban J connectivity index is 2.48. The summed E-state index contributed by atoms with van der Waals surface area (Å²) in [6.07, 6.45) is 1.84. The van der Waals surface area contributed by atoms with Crippen LogP contribution in [-0.2, 0) is 24.8 Å². The Kier molecular flexibility index (Phi) is 5.63. The predicted octanol–water partition coefficient (Wildman–Crippen LogP) is 0.613. The third-order valence-corrected chi connectivity index (χ3v) is 7.05. The van der Waals surface area contributed by atoms with Gasteiger partial charge in [0.05, 0.1) is 0 Å². The van der Waals surface area contributed by atoms with Gasteiger partial charge in [-0.1, -0.05) is 19.1 Å². The van der Waals surface area contributed by atoms with Crippen LogP contribution in [-0.4, -0.2) is 51.3 Å². The van der Waals surface area contributed by atoms with Crippen molar-refractivity contribution in [3.05, 3.63) is 24.3 Å². The molecule has 8 nitrogen and oxygen atoms in total. The summed E-state index contributed by atoms with van der Waals surface area (Å²) >= 11 is 0. The second kappa shape index (κ2) is 7.18. The molecule has 10 heteroatoms. The van der Waals surface area contributed by atoms with E-state index in [1.807, 2.05) is 0 Å². The molecule has 2 rings (SSSR count). The first kappa shape index (κ1) is 18.8. The van der Waals surface area contributed by atoms with E-state index in [0.29, 0.717) is 6.42 Å². The van der Waals surface area contributed by atoms with E-state index >= 15 is 0 Å². The van der Waals surface area contributed by atoms with Gasteiger partial charge in [0.1, 0.15) is 16.3 Å². The van der Waals surface area contributed by atoms with Crippen molar-refractivity contribution >= 4 is 26.0 Å². The van der Waals surface area contributed by atoms with Gasteiger partial charge in [-0.3, -0.25) is 4.79 Å². The summed E-state index contributed by atoms with van der Waals surface area (Å²) < 4.78 is 53.7. The molecular formula is C14H20N2O6S2. The van der Waals surface area contributed by atoms with Crippen molar-refractivity contribution in [3.63, 3.8) is 0 Å². The molecule has 0 aliphatic heterocycles. The standard InChI is InChI=1S/C14H20N2O6S2/c1-2-9-16(10-14(17)18)24(21,22)13-6-4-3-5-12(13)23(19,20)15-11-7-8-11/h3-6,11,15H,2,7-10H2,1H3,(H,17,18). The van der Waals surface area contributed by atoms with Gasteiger partial charge in [0.2, 0.25) is 20.0 Å². The molecule has 1 aliphatic carbocycles. The van der Waals surface area contributed by atoms with Crippen LogP contribution in [0.5, 0.6) is 0 Å². The molecule has 1 aromatic rings. The molecule has 1 aromatic carbocycles. The van der Waals surface area contributed by atoms with Crippen LogP contribution < -0.4 is 4.72 Å². The van der Waals surface area contributed by atoms with Gasteiger partial charge in [-0.05, 0) is 31.4 Å². The number of hydrogen-bond acceptors (Lipinski definition) is 5. The lowest BCUT2D eigenvalue weighted by molar-refractivity contribution is -0.137. The topological polar surface area (TPSA) is 121 Å². The van der Waals surface area contributed by atoms with Crippen LogP contribution in [0, 0.1) is 0 Å². The molecule has 0 saturated heterocycles. The largest absolute Gasteiger partial charge is 0.480 e.